The van der Waals surface area contributed by atoms with Gasteiger partial charge in [0.25, 0.3) is 11.8 Å². The van der Waals surface area contributed by atoms with E-state index in [1.807, 2.05) is 0 Å². The van der Waals surface area contributed by atoms with Gasteiger partial charge < -0.3 is 14.6 Å². The van der Waals surface area contributed by atoms with Gasteiger partial charge in [0.15, 0.2) is 5.69 Å². The van der Waals surface area contributed by atoms with Gasteiger partial charge in [-0.25, -0.2) is 9.78 Å². The second kappa shape index (κ2) is 14.5. The van der Waals surface area contributed by atoms with E-state index in [1.165, 1.54) is 37.3 Å². The number of allylic oxidation sites excluding steroid dienone is 1. The standard InChI is InChI=1S/C27H28F6N4O6/c1-4-6-13-25(27(31,32)33,42-15-17-11-8-7-9-12-17)23(39)37-36-21(38)20-19(34-24(40)41)14-18(26(28,29)30)22(35-20)43-16(3)10-5-2/h4-5,7-9,11-12,14,16,34H,1-2,6,10,13,15H2,3H3,(H,36,38)(H,37,39)(H,40,41). The molecule has 10 nitrogen and oxygen atoms in total. The van der Waals surface area contributed by atoms with Gasteiger partial charge in [0.1, 0.15) is 11.7 Å². The molecule has 0 spiro atoms. The molecule has 234 valence electrons. The molecule has 2 aromatic rings. The fourth-order valence-electron chi connectivity index (χ4n) is 3.61. The van der Waals surface area contributed by atoms with Crippen LogP contribution in [0.4, 0.5) is 36.8 Å². The van der Waals surface area contributed by atoms with Crippen LogP contribution in [-0.4, -0.2) is 45.9 Å². The number of anilines is 1. The minimum Gasteiger partial charge on any atom is -0.474 e. The van der Waals surface area contributed by atoms with Crippen molar-refractivity contribution in [1.29, 1.82) is 0 Å². The highest BCUT2D eigenvalue weighted by molar-refractivity contribution is 6.02. The summed E-state index contributed by atoms with van der Waals surface area (Å²) in [5.41, 5.74) is -3.60. The molecule has 1 aromatic carbocycles. The number of hydrogen-bond acceptors (Lipinski definition) is 6. The number of aromatic nitrogens is 1. The van der Waals surface area contributed by atoms with Gasteiger partial charge in [-0.3, -0.25) is 25.8 Å². The van der Waals surface area contributed by atoms with Crippen molar-refractivity contribution in [1.82, 2.24) is 15.8 Å². The van der Waals surface area contributed by atoms with E-state index >= 15 is 0 Å². The molecule has 0 bridgehead atoms. The van der Waals surface area contributed by atoms with E-state index in [0.29, 0.717) is 5.56 Å². The van der Waals surface area contributed by atoms with Crippen LogP contribution < -0.4 is 20.9 Å². The van der Waals surface area contributed by atoms with Crippen molar-refractivity contribution in [2.45, 2.75) is 56.9 Å². The molecule has 0 aliphatic carbocycles. The number of carbonyl (C=O) groups is 3. The van der Waals surface area contributed by atoms with E-state index in [9.17, 15) is 40.7 Å². The molecule has 4 N–H and O–H groups in total. The molecular formula is C27H28F6N4O6. The lowest BCUT2D eigenvalue weighted by Gasteiger charge is -2.34. The highest BCUT2D eigenvalue weighted by atomic mass is 19.4. The van der Waals surface area contributed by atoms with Crippen LogP contribution in [0.3, 0.4) is 0 Å². The Labute approximate surface area is 241 Å². The average molecular weight is 619 g/mol. The quantitative estimate of drug-likeness (QED) is 0.127. The Balaban J connectivity index is 2.47. The topological polar surface area (TPSA) is 139 Å². The highest BCUT2D eigenvalue weighted by Gasteiger charge is 2.61. The summed E-state index contributed by atoms with van der Waals surface area (Å²) in [6, 6.07) is 7.82. The third kappa shape index (κ3) is 9.19. The number of alkyl halides is 6. The summed E-state index contributed by atoms with van der Waals surface area (Å²) in [5, 5.41) is 10.7. The molecule has 3 amide bonds. The summed E-state index contributed by atoms with van der Waals surface area (Å²) in [7, 11) is 0. The number of amides is 3. The van der Waals surface area contributed by atoms with Crippen molar-refractivity contribution in [2.24, 2.45) is 0 Å². The summed E-state index contributed by atoms with van der Waals surface area (Å²) < 4.78 is 94.5. The molecule has 0 saturated heterocycles. The molecule has 2 atom stereocenters. The van der Waals surface area contributed by atoms with Crippen LogP contribution in [0.15, 0.2) is 61.7 Å². The molecule has 0 radical (unpaired) electrons. The molecule has 2 rings (SSSR count). The molecule has 0 saturated carbocycles. The Morgan fingerprint density at radius 1 is 1.05 bits per heavy atom. The van der Waals surface area contributed by atoms with Crippen LogP contribution in [-0.2, 0) is 22.3 Å². The summed E-state index contributed by atoms with van der Waals surface area (Å²) in [6.45, 7) is 7.49. The Kier molecular flexibility index (Phi) is 11.7. The number of nitrogens with zero attached hydrogens (tertiary/aromatic N) is 1. The van der Waals surface area contributed by atoms with E-state index in [1.54, 1.807) is 22.2 Å². The van der Waals surface area contributed by atoms with E-state index < -0.39 is 77.8 Å². The third-order valence-electron chi connectivity index (χ3n) is 5.70. The van der Waals surface area contributed by atoms with Crippen molar-refractivity contribution in [3.05, 3.63) is 78.5 Å². The van der Waals surface area contributed by atoms with Gasteiger partial charge in [0.2, 0.25) is 11.5 Å². The lowest BCUT2D eigenvalue weighted by molar-refractivity contribution is -0.273. The first-order chi connectivity index (χ1) is 20.1. The number of ether oxygens (including phenoxy) is 2. The number of nitrogens with one attached hydrogen (secondary N) is 3. The zero-order valence-corrected chi connectivity index (χ0v) is 22.6. The van der Waals surface area contributed by atoms with Crippen molar-refractivity contribution in [3.8, 4) is 5.88 Å². The van der Waals surface area contributed by atoms with E-state index in [-0.39, 0.29) is 18.9 Å². The predicted molar refractivity (Wildman–Crippen MR) is 141 cm³/mol. The summed E-state index contributed by atoms with van der Waals surface area (Å²) in [6.07, 6.45) is -12.0. The second-order valence-electron chi connectivity index (χ2n) is 8.95. The zero-order valence-electron chi connectivity index (χ0n) is 22.6. The van der Waals surface area contributed by atoms with E-state index in [4.69, 9.17) is 14.6 Å². The van der Waals surface area contributed by atoms with Gasteiger partial charge >= 0.3 is 18.4 Å². The zero-order chi connectivity index (χ0) is 32.4. The fraction of sp³-hybridized carbons (Fsp3) is 0.333. The van der Waals surface area contributed by atoms with Crippen LogP contribution in [0.25, 0.3) is 0 Å². The maximum absolute atomic E-state index is 14.3. The Bertz CT molecular complexity index is 1320. The van der Waals surface area contributed by atoms with Crippen molar-refractivity contribution >= 4 is 23.6 Å². The normalized spacial score (nSPS) is 13.7. The number of pyridine rings is 1. The van der Waals surface area contributed by atoms with Gasteiger partial charge in [0.05, 0.1) is 12.3 Å². The lowest BCUT2D eigenvalue weighted by atomic mass is 9.95. The first-order valence-electron chi connectivity index (χ1n) is 12.4. The maximum Gasteiger partial charge on any atom is 0.426 e. The van der Waals surface area contributed by atoms with Gasteiger partial charge in [-0.05, 0) is 31.4 Å². The summed E-state index contributed by atoms with van der Waals surface area (Å²) in [4.78, 5) is 40.7. The number of halogens is 6. The van der Waals surface area contributed by atoms with Gasteiger partial charge in [0, 0.05) is 6.42 Å². The largest absolute Gasteiger partial charge is 0.474 e. The number of carbonyl (C=O) groups excluding carboxylic acids is 2. The SMILES string of the molecule is C=CCCC(OCc1ccccc1)(C(=O)NNC(=O)c1nc(OC(C)CC=C)c(C(F)(F)F)cc1NC(=O)O)C(F)(F)F. The second-order valence-corrected chi connectivity index (χ2v) is 8.95. The monoisotopic (exact) mass is 618 g/mol. The molecule has 1 aromatic heterocycles. The van der Waals surface area contributed by atoms with Crippen molar-refractivity contribution in [3.63, 3.8) is 0 Å². The lowest BCUT2D eigenvalue weighted by Crippen LogP contribution is -2.61. The Morgan fingerprint density at radius 3 is 2.23 bits per heavy atom. The smallest absolute Gasteiger partial charge is 0.426 e. The molecular weight excluding hydrogens is 590 g/mol. The predicted octanol–water partition coefficient (Wildman–Crippen LogP) is 5.78. The number of carboxylic acid groups (broad SMARTS) is 1. The summed E-state index contributed by atoms with van der Waals surface area (Å²) in [5.74, 6) is -4.58. The molecule has 0 aliphatic heterocycles. The van der Waals surface area contributed by atoms with Crippen LogP contribution in [0.2, 0.25) is 0 Å². The Hall–Kier alpha value is -4.60. The van der Waals surface area contributed by atoms with E-state index in [0.717, 1.165) is 6.08 Å². The summed E-state index contributed by atoms with van der Waals surface area (Å²) >= 11 is 0. The first-order valence-corrected chi connectivity index (χ1v) is 12.4. The van der Waals surface area contributed by atoms with Crippen LogP contribution >= 0.6 is 0 Å². The Morgan fingerprint density at radius 2 is 1.70 bits per heavy atom. The van der Waals surface area contributed by atoms with Crippen LogP contribution in [0, 0.1) is 0 Å². The molecule has 0 fully saturated rings. The number of hydrogen-bond donors (Lipinski definition) is 4. The molecule has 1 heterocycles. The van der Waals surface area contributed by atoms with Gasteiger partial charge in [-0.1, -0.05) is 42.5 Å². The fourth-order valence-corrected chi connectivity index (χ4v) is 3.61. The molecule has 43 heavy (non-hydrogen) atoms. The number of hydrazine groups is 1. The van der Waals surface area contributed by atoms with Crippen LogP contribution in [0.5, 0.6) is 5.88 Å². The van der Waals surface area contributed by atoms with Crippen molar-refractivity contribution < 1.29 is 55.3 Å². The van der Waals surface area contributed by atoms with Crippen molar-refractivity contribution in [2.75, 3.05) is 5.32 Å². The molecule has 0 aliphatic rings. The third-order valence-corrected chi connectivity index (χ3v) is 5.70. The highest BCUT2D eigenvalue weighted by Crippen LogP contribution is 2.40. The molecule has 16 heteroatoms. The minimum atomic E-state index is -5.31. The van der Waals surface area contributed by atoms with Gasteiger partial charge in [-0.2, -0.15) is 26.3 Å². The maximum atomic E-state index is 14.3. The average Bonchev–Trinajstić information content (AvgIpc) is 2.91. The number of rotatable bonds is 13. The minimum absolute atomic E-state index is 0.0545. The number of benzene rings is 1. The molecule has 2 unspecified atom stereocenters. The first kappa shape index (κ1) is 34.6. The van der Waals surface area contributed by atoms with Gasteiger partial charge in [-0.15, -0.1) is 13.2 Å². The van der Waals surface area contributed by atoms with Crippen LogP contribution in [0.1, 0.15) is 47.8 Å². The van der Waals surface area contributed by atoms with E-state index in [2.05, 4.69) is 18.1 Å².